The van der Waals surface area contributed by atoms with E-state index in [1.807, 2.05) is 43.3 Å². The third-order valence-corrected chi connectivity index (χ3v) is 9.18. The number of carbonyl (C=O) groups is 2. The fourth-order valence-corrected chi connectivity index (χ4v) is 6.79. The molecule has 0 radical (unpaired) electrons. The average Bonchev–Trinajstić information content (AvgIpc) is 3.40. The van der Waals surface area contributed by atoms with Gasteiger partial charge >= 0.3 is 0 Å². The van der Waals surface area contributed by atoms with Gasteiger partial charge < -0.3 is 5.73 Å². The number of benzene rings is 2. The van der Waals surface area contributed by atoms with Gasteiger partial charge in [-0.1, -0.05) is 91.0 Å². The van der Waals surface area contributed by atoms with E-state index in [1.54, 1.807) is 4.90 Å². The van der Waals surface area contributed by atoms with Gasteiger partial charge in [0.05, 0.1) is 23.3 Å². The minimum atomic E-state index is -0.510. The van der Waals surface area contributed by atoms with Crippen molar-refractivity contribution >= 4 is 39.8 Å². The Kier molecular flexibility index (Phi) is 7.69. The molecule has 0 bridgehead atoms. The zero-order chi connectivity index (χ0) is 27.7. The predicted molar refractivity (Wildman–Crippen MR) is 155 cm³/mol. The standard InChI is InChI=1S/C30H29N5O2S2/c1-17(2)19-11-13-21(14-12-19)26-22(15-31)28(32)35(23-5-4-6-24(36)27(23)26)29-33-34-30(39-29)38-16-25(37)20-9-7-18(3)8-10-20/h7-14,17,26H,4-6,16,32H2,1-3H3. The van der Waals surface area contributed by atoms with Crippen LogP contribution in [-0.2, 0) is 4.79 Å². The summed E-state index contributed by atoms with van der Waals surface area (Å²) in [6, 6.07) is 17.9. The number of rotatable bonds is 7. The van der Waals surface area contributed by atoms with Crippen LogP contribution in [0, 0.1) is 18.3 Å². The SMILES string of the molecule is Cc1ccc(C(=O)CSc2nnc(N3C(N)=C(C#N)C(c4ccc(C(C)C)cc4)C4=C3CCCC4=O)s2)cc1. The summed E-state index contributed by atoms with van der Waals surface area (Å²) < 4.78 is 0.618. The van der Waals surface area contributed by atoms with Crippen molar-refractivity contribution in [2.75, 3.05) is 10.7 Å². The first-order chi connectivity index (χ1) is 18.8. The van der Waals surface area contributed by atoms with Crippen LogP contribution >= 0.6 is 23.1 Å². The second kappa shape index (κ2) is 11.2. The highest BCUT2D eigenvalue weighted by atomic mass is 32.2. The van der Waals surface area contributed by atoms with Gasteiger partial charge in [-0.2, -0.15) is 5.26 Å². The Hall–Kier alpha value is -3.74. The molecule has 0 saturated heterocycles. The molecule has 2 aromatic carbocycles. The van der Waals surface area contributed by atoms with Crippen molar-refractivity contribution in [1.82, 2.24) is 10.2 Å². The number of nitrogens with zero attached hydrogens (tertiary/aromatic N) is 4. The van der Waals surface area contributed by atoms with E-state index in [0.29, 0.717) is 51.4 Å². The van der Waals surface area contributed by atoms with Crippen LogP contribution in [0.15, 0.2) is 75.5 Å². The third kappa shape index (κ3) is 5.27. The van der Waals surface area contributed by atoms with Crippen molar-refractivity contribution in [1.29, 1.82) is 5.26 Å². The maximum atomic E-state index is 13.3. The molecule has 5 rings (SSSR count). The van der Waals surface area contributed by atoms with E-state index >= 15 is 0 Å². The van der Waals surface area contributed by atoms with Crippen molar-refractivity contribution in [2.45, 2.75) is 56.2 Å². The summed E-state index contributed by atoms with van der Waals surface area (Å²) >= 11 is 2.61. The van der Waals surface area contributed by atoms with E-state index in [1.165, 1.54) is 28.7 Å². The Morgan fingerprint density at radius 1 is 1.15 bits per heavy atom. The quantitative estimate of drug-likeness (QED) is 0.269. The second-order valence-electron chi connectivity index (χ2n) is 10.1. The van der Waals surface area contributed by atoms with Crippen LogP contribution in [0.1, 0.15) is 72.0 Å². The molecule has 1 aromatic heterocycles. The highest BCUT2D eigenvalue weighted by Crippen LogP contribution is 2.47. The van der Waals surface area contributed by atoms with E-state index in [0.717, 1.165) is 16.8 Å². The van der Waals surface area contributed by atoms with Gasteiger partial charge in [-0.05, 0) is 36.8 Å². The first-order valence-corrected chi connectivity index (χ1v) is 14.7. The van der Waals surface area contributed by atoms with Crippen molar-refractivity contribution in [3.8, 4) is 6.07 Å². The van der Waals surface area contributed by atoms with Gasteiger partial charge in [0.1, 0.15) is 5.82 Å². The molecule has 1 aliphatic heterocycles. The Labute approximate surface area is 236 Å². The second-order valence-corrected chi connectivity index (χ2v) is 12.2. The summed E-state index contributed by atoms with van der Waals surface area (Å²) in [6.45, 7) is 6.24. The average molecular weight is 556 g/mol. The lowest BCUT2D eigenvalue weighted by molar-refractivity contribution is -0.116. The van der Waals surface area contributed by atoms with Gasteiger partial charge in [0.25, 0.3) is 0 Å². The van der Waals surface area contributed by atoms with Gasteiger partial charge in [-0.25, -0.2) is 0 Å². The smallest absolute Gasteiger partial charge is 0.219 e. The minimum Gasteiger partial charge on any atom is -0.384 e. The third-order valence-electron chi connectivity index (χ3n) is 7.14. The summed E-state index contributed by atoms with van der Waals surface area (Å²) in [5.74, 6) is 0.404. The molecule has 7 nitrogen and oxygen atoms in total. The van der Waals surface area contributed by atoms with Gasteiger partial charge in [-0.15, -0.1) is 10.2 Å². The number of nitriles is 1. The highest BCUT2D eigenvalue weighted by Gasteiger charge is 2.41. The molecule has 3 aromatic rings. The molecule has 2 N–H and O–H groups in total. The van der Waals surface area contributed by atoms with Crippen LogP contribution in [0.2, 0.25) is 0 Å². The number of aryl methyl sites for hydroxylation is 1. The summed E-state index contributed by atoms with van der Waals surface area (Å²) in [4.78, 5) is 27.7. The monoisotopic (exact) mass is 555 g/mol. The van der Waals surface area contributed by atoms with Crippen molar-refractivity contribution in [3.05, 3.63) is 93.4 Å². The summed E-state index contributed by atoms with van der Waals surface area (Å²) in [7, 11) is 0. The molecule has 9 heteroatoms. The zero-order valence-electron chi connectivity index (χ0n) is 22.1. The van der Waals surface area contributed by atoms with Gasteiger partial charge in [0, 0.05) is 23.3 Å². The van der Waals surface area contributed by atoms with E-state index in [9.17, 15) is 14.9 Å². The van der Waals surface area contributed by atoms with Crippen LogP contribution in [0.3, 0.4) is 0 Å². The van der Waals surface area contributed by atoms with Crippen LogP contribution in [-0.4, -0.2) is 27.5 Å². The van der Waals surface area contributed by atoms with Crippen LogP contribution in [0.5, 0.6) is 0 Å². The number of Topliss-reactive ketones (excluding diaryl/α,β-unsaturated/α-hetero) is 2. The van der Waals surface area contributed by atoms with Crippen molar-refractivity contribution < 1.29 is 9.59 Å². The van der Waals surface area contributed by atoms with Crippen LogP contribution in [0.25, 0.3) is 0 Å². The molecule has 1 aliphatic carbocycles. The minimum absolute atomic E-state index is 0.00935. The molecule has 0 amide bonds. The fourth-order valence-electron chi connectivity index (χ4n) is 5.01. The number of aromatic nitrogens is 2. The number of ketones is 2. The van der Waals surface area contributed by atoms with Gasteiger partial charge in [0.2, 0.25) is 5.13 Å². The molecule has 0 saturated carbocycles. The van der Waals surface area contributed by atoms with Crippen LogP contribution in [0.4, 0.5) is 5.13 Å². The highest BCUT2D eigenvalue weighted by molar-refractivity contribution is 8.01. The number of hydrogen-bond donors (Lipinski definition) is 1. The number of allylic oxidation sites excluding steroid dienone is 3. The topological polar surface area (TPSA) is 113 Å². The van der Waals surface area contributed by atoms with Crippen LogP contribution < -0.4 is 10.6 Å². The summed E-state index contributed by atoms with van der Waals surface area (Å²) in [6.07, 6.45) is 1.78. The lowest BCUT2D eigenvalue weighted by atomic mass is 9.75. The fraction of sp³-hybridized carbons (Fsp3) is 0.300. The predicted octanol–water partition coefficient (Wildman–Crippen LogP) is 6.25. The maximum absolute atomic E-state index is 13.3. The van der Waals surface area contributed by atoms with Gasteiger partial charge in [0.15, 0.2) is 15.9 Å². The van der Waals surface area contributed by atoms with E-state index in [-0.39, 0.29) is 23.1 Å². The molecular weight excluding hydrogens is 526 g/mol. The van der Waals surface area contributed by atoms with E-state index in [2.05, 4.69) is 42.2 Å². The summed E-state index contributed by atoms with van der Waals surface area (Å²) in [5, 5.41) is 19.4. The van der Waals surface area contributed by atoms with Gasteiger partial charge in [-0.3, -0.25) is 14.5 Å². The lowest BCUT2D eigenvalue weighted by Gasteiger charge is -2.38. The van der Waals surface area contributed by atoms with Crippen molar-refractivity contribution in [3.63, 3.8) is 0 Å². The number of hydrogen-bond acceptors (Lipinski definition) is 9. The molecule has 2 heterocycles. The van der Waals surface area contributed by atoms with E-state index < -0.39 is 5.92 Å². The van der Waals surface area contributed by atoms with E-state index in [4.69, 9.17) is 5.73 Å². The van der Waals surface area contributed by atoms with Crippen molar-refractivity contribution in [2.24, 2.45) is 5.73 Å². The molecule has 1 unspecified atom stereocenters. The maximum Gasteiger partial charge on any atom is 0.219 e. The molecule has 198 valence electrons. The normalized spacial score (nSPS) is 17.5. The zero-order valence-corrected chi connectivity index (χ0v) is 23.7. The Morgan fingerprint density at radius 2 is 1.87 bits per heavy atom. The number of carbonyl (C=O) groups excluding carboxylic acids is 2. The molecular formula is C30H29N5O2S2. The number of anilines is 1. The summed E-state index contributed by atoms with van der Waals surface area (Å²) in [5.41, 5.74) is 12.2. The molecule has 0 spiro atoms. The molecule has 39 heavy (non-hydrogen) atoms. The lowest BCUT2D eigenvalue weighted by Crippen LogP contribution is -2.38. The molecule has 2 aliphatic rings. The first kappa shape index (κ1) is 26.9. The Bertz CT molecular complexity index is 1530. The Balaban J connectivity index is 1.46. The number of nitrogens with two attached hydrogens (primary N) is 1. The largest absolute Gasteiger partial charge is 0.384 e. The first-order valence-electron chi connectivity index (χ1n) is 12.9. The number of thioether (sulfide) groups is 1. The molecule has 0 fully saturated rings. The molecule has 1 atom stereocenters. The Morgan fingerprint density at radius 3 is 2.54 bits per heavy atom.